The van der Waals surface area contributed by atoms with Gasteiger partial charge in [0.05, 0.1) is 12.7 Å². The molecule has 7 nitrogen and oxygen atoms in total. The van der Waals surface area contributed by atoms with Crippen LogP contribution in [0, 0.1) is 19.3 Å². The number of aromatic nitrogens is 1. The molecule has 0 spiro atoms. The number of thioether (sulfide) groups is 1. The molecule has 29 heavy (non-hydrogen) atoms. The minimum atomic E-state index is -0.410. The zero-order chi connectivity index (χ0) is 20.7. The van der Waals surface area contributed by atoms with Gasteiger partial charge in [-0.2, -0.15) is 15.1 Å². The molecular formula is C21H21N5O2S. The average Bonchev–Trinajstić information content (AvgIpc) is 3.25. The summed E-state index contributed by atoms with van der Waals surface area (Å²) in [6, 6.07) is 9.81. The standard InChI is InChI=1S/C21H21N5O2S/c1-5-18-24-26-19(22)17(20(27)23-21(26)29-18)10-14-9-12(2)25(13(14)3)15-7-6-8-16(11-15)28-4/h6-11,22H,5H2,1-4H3/b17-10-,22-19?. The van der Waals surface area contributed by atoms with Gasteiger partial charge >= 0.3 is 0 Å². The Hall–Kier alpha value is -3.13. The van der Waals surface area contributed by atoms with Crippen LogP contribution in [0.1, 0.15) is 30.3 Å². The number of carbonyl (C=O) groups excluding carboxylic acids is 1. The van der Waals surface area contributed by atoms with Crippen LogP contribution in [0.4, 0.5) is 0 Å². The summed E-state index contributed by atoms with van der Waals surface area (Å²) in [5.41, 5.74) is 4.06. The van der Waals surface area contributed by atoms with Gasteiger partial charge in [0.2, 0.25) is 5.17 Å². The van der Waals surface area contributed by atoms with E-state index < -0.39 is 5.91 Å². The Morgan fingerprint density at radius 3 is 2.79 bits per heavy atom. The van der Waals surface area contributed by atoms with Gasteiger partial charge in [0, 0.05) is 23.1 Å². The lowest BCUT2D eigenvalue weighted by molar-refractivity contribution is -0.114. The maximum Gasteiger partial charge on any atom is 0.283 e. The summed E-state index contributed by atoms with van der Waals surface area (Å²) < 4.78 is 7.43. The predicted octanol–water partition coefficient (Wildman–Crippen LogP) is 4.13. The Balaban J connectivity index is 1.75. The second-order valence-electron chi connectivity index (χ2n) is 6.73. The molecule has 0 atom stereocenters. The van der Waals surface area contributed by atoms with Gasteiger partial charge < -0.3 is 9.30 Å². The number of nitrogens with zero attached hydrogens (tertiary/aromatic N) is 4. The smallest absolute Gasteiger partial charge is 0.283 e. The number of carbonyl (C=O) groups is 1. The van der Waals surface area contributed by atoms with Gasteiger partial charge in [-0.25, -0.2) is 0 Å². The molecule has 2 aliphatic heterocycles. The van der Waals surface area contributed by atoms with Gasteiger partial charge in [0.25, 0.3) is 5.91 Å². The Morgan fingerprint density at radius 2 is 2.07 bits per heavy atom. The van der Waals surface area contributed by atoms with Crippen molar-refractivity contribution in [3.8, 4) is 11.4 Å². The Kier molecular flexibility index (Phi) is 4.87. The molecule has 0 bridgehead atoms. The van der Waals surface area contributed by atoms with Crippen molar-refractivity contribution in [1.82, 2.24) is 9.58 Å². The van der Waals surface area contributed by atoms with E-state index in [4.69, 9.17) is 10.1 Å². The van der Waals surface area contributed by atoms with E-state index in [1.807, 2.05) is 51.1 Å². The predicted molar refractivity (Wildman–Crippen MR) is 117 cm³/mol. The van der Waals surface area contributed by atoms with E-state index in [-0.39, 0.29) is 11.4 Å². The summed E-state index contributed by atoms with van der Waals surface area (Å²) in [5.74, 6) is 0.423. The highest BCUT2D eigenvalue weighted by molar-refractivity contribution is 8.26. The Morgan fingerprint density at radius 1 is 1.28 bits per heavy atom. The highest BCUT2D eigenvalue weighted by Gasteiger charge is 2.35. The lowest BCUT2D eigenvalue weighted by Crippen LogP contribution is -2.35. The van der Waals surface area contributed by atoms with Crippen molar-refractivity contribution >= 4 is 39.8 Å². The number of rotatable bonds is 4. The molecule has 0 saturated heterocycles. The number of aryl methyl sites for hydroxylation is 1. The number of hydrogen-bond donors (Lipinski definition) is 1. The molecule has 1 aromatic carbocycles. The highest BCUT2D eigenvalue weighted by atomic mass is 32.2. The van der Waals surface area contributed by atoms with Crippen LogP contribution in [0.25, 0.3) is 11.8 Å². The summed E-state index contributed by atoms with van der Waals surface area (Å²) in [7, 11) is 1.64. The molecule has 1 amide bonds. The van der Waals surface area contributed by atoms with Crippen molar-refractivity contribution in [3.05, 3.63) is 52.9 Å². The second kappa shape index (κ2) is 7.36. The molecule has 1 aromatic heterocycles. The first kappa shape index (κ1) is 19.2. The number of ether oxygens (including phenoxy) is 1. The SMILES string of the molecule is CCC1=NN2C(=N)/C(=C/c3cc(C)n(-c4cccc(OC)c4)c3C)C(=O)N=C2S1. The van der Waals surface area contributed by atoms with Crippen molar-refractivity contribution in [3.63, 3.8) is 0 Å². The number of methoxy groups -OCH3 is 1. The van der Waals surface area contributed by atoms with Crippen LogP contribution in [-0.2, 0) is 4.79 Å². The van der Waals surface area contributed by atoms with Crippen molar-refractivity contribution in [2.45, 2.75) is 27.2 Å². The fourth-order valence-electron chi connectivity index (χ4n) is 3.41. The van der Waals surface area contributed by atoms with Gasteiger partial charge in [-0.3, -0.25) is 10.2 Å². The van der Waals surface area contributed by atoms with Gasteiger partial charge in [0.15, 0.2) is 5.84 Å². The third-order valence-electron chi connectivity index (χ3n) is 4.88. The number of aliphatic imine (C=N–C) groups is 1. The summed E-state index contributed by atoms with van der Waals surface area (Å²) in [6.07, 6.45) is 2.47. The van der Waals surface area contributed by atoms with Crippen LogP contribution in [0.5, 0.6) is 5.75 Å². The lowest BCUT2D eigenvalue weighted by Gasteiger charge is -2.20. The van der Waals surface area contributed by atoms with Crippen LogP contribution < -0.4 is 4.74 Å². The van der Waals surface area contributed by atoms with Gasteiger partial charge in [-0.15, -0.1) is 0 Å². The zero-order valence-electron chi connectivity index (χ0n) is 16.7. The fraction of sp³-hybridized carbons (Fsp3) is 0.238. The molecule has 0 aliphatic carbocycles. The Labute approximate surface area is 173 Å². The van der Waals surface area contributed by atoms with E-state index >= 15 is 0 Å². The second-order valence-corrected chi connectivity index (χ2v) is 7.77. The number of fused-ring (bicyclic) bond motifs is 1. The first-order chi connectivity index (χ1) is 13.9. The molecule has 0 fully saturated rings. The van der Waals surface area contributed by atoms with E-state index in [1.54, 1.807) is 13.2 Å². The maximum absolute atomic E-state index is 12.6. The van der Waals surface area contributed by atoms with Crippen LogP contribution in [0.2, 0.25) is 0 Å². The third-order valence-corrected chi connectivity index (χ3v) is 5.93. The van der Waals surface area contributed by atoms with Gasteiger partial charge in [0.1, 0.15) is 10.8 Å². The average molecular weight is 407 g/mol. The summed E-state index contributed by atoms with van der Waals surface area (Å²) in [6.45, 7) is 5.98. The molecule has 148 valence electrons. The van der Waals surface area contributed by atoms with Crippen molar-refractivity contribution < 1.29 is 9.53 Å². The van der Waals surface area contributed by atoms with Crippen LogP contribution >= 0.6 is 11.8 Å². The van der Waals surface area contributed by atoms with E-state index in [2.05, 4.69) is 14.7 Å². The maximum atomic E-state index is 12.6. The van der Waals surface area contributed by atoms with E-state index in [1.165, 1.54) is 16.8 Å². The lowest BCUT2D eigenvalue weighted by atomic mass is 10.1. The van der Waals surface area contributed by atoms with E-state index in [0.717, 1.165) is 39.9 Å². The molecule has 0 radical (unpaired) electrons. The summed E-state index contributed by atoms with van der Waals surface area (Å²) in [4.78, 5) is 16.7. The van der Waals surface area contributed by atoms with E-state index in [9.17, 15) is 4.79 Å². The van der Waals surface area contributed by atoms with Crippen LogP contribution in [-0.4, -0.2) is 38.6 Å². The number of amidine groups is 2. The van der Waals surface area contributed by atoms with Crippen molar-refractivity contribution in [2.24, 2.45) is 10.1 Å². The summed E-state index contributed by atoms with van der Waals surface area (Å²) in [5, 5.41) is 15.6. The fourth-order valence-corrected chi connectivity index (χ4v) is 4.24. The molecule has 4 rings (SSSR count). The third kappa shape index (κ3) is 3.29. The number of amides is 1. The molecule has 0 unspecified atom stereocenters. The monoisotopic (exact) mass is 407 g/mol. The number of benzene rings is 1. The normalized spacial score (nSPS) is 17.5. The molecule has 2 aliphatic rings. The Bertz CT molecular complexity index is 1130. The van der Waals surface area contributed by atoms with Crippen LogP contribution in [0.15, 0.2) is 46.0 Å². The molecule has 1 N–H and O–H groups in total. The minimum Gasteiger partial charge on any atom is -0.497 e. The number of hydrazone groups is 1. The molecule has 2 aromatic rings. The quantitative estimate of drug-likeness (QED) is 0.773. The molecule has 3 heterocycles. The number of nitrogens with one attached hydrogen (secondary N) is 1. The molecular weight excluding hydrogens is 386 g/mol. The first-order valence-electron chi connectivity index (χ1n) is 9.25. The minimum absolute atomic E-state index is 0.0575. The van der Waals surface area contributed by atoms with Gasteiger partial charge in [-0.05, 0) is 61.9 Å². The van der Waals surface area contributed by atoms with Crippen molar-refractivity contribution in [1.29, 1.82) is 5.41 Å². The molecule has 8 heteroatoms. The number of hydrogen-bond acceptors (Lipinski definition) is 5. The van der Waals surface area contributed by atoms with Crippen molar-refractivity contribution in [2.75, 3.05) is 7.11 Å². The largest absolute Gasteiger partial charge is 0.497 e. The summed E-state index contributed by atoms with van der Waals surface area (Å²) >= 11 is 1.34. The molecule has 0 saturated carbocycles. The highest BCUT2D eigenvalue weighted by Crippen LogP contribution is 2.30. The zero-order valence-corrected chi connectivity index (χ0v) is 17.5. The van der Waals surface area contributed by atoms with Crippen LogP contribution in [0.3, 0.4) is 0 Å². The van der Waals surface area contributed by atoms with E-state index in [0.29, 0.717) is 5.17 Å². The first-order valence-corrected chi connectivity index (χ1v) is 10.1. The van der Waals surface area contributed by atoms with Gasteiger partial charge in [-0.1, -0.05) is 13.0 Å². The topological polar surface area (TPSA) is 83.0 Å².